The number of aromatic nitrogens is 2. The number of hydrogen-bond donors (Lipinski definition) is 1. The van der Waals surface area contributed by atoms with Crippen molar-refractivity contribution in [1.82, 2.24) is 19.8 Å². The highest BCUT2D eigenvalue weighted by Gasteiger charge is 2.30. The minimum absolute atomic E-state index is 0.104. The standard InChI is InChI=1S/C30H38ClN7O2/c1-35-13-15-36(16-14-35)23-8-11-37(12-9-23)27-19-28(39-2)25(18-24(27)31)34-29-20-30(33-21-32-29)38-26(10-17-40-38)22-6-4-3-5-7-22/h3-7,18-21,23,26H,8-17H2,1-2H3,(H,32,33,34)/t26-/m1/s1. The van der Waals surface area contributed by atoms with Gasteiger partial charge in [-0.15, -0.1) is 0 Å². The van der Waals surface area contributed by atoms with Gasteiger partial charge in [0.05, 0.1) is 36.2 Å². The molecule has 6 rings (SSSR count). The van der Waals surface area contributed by atoms with Crippen LogP contribution >= 0.6 is 11.6 Å². The molecule has 3 aliphatic rings. The highest BCUT2D eigenvalue weighted by atomic mass is 35.5. The number of nitrogens with one attached hydrogen (secondary N) is 1. The number of rotatable bonds is 7. The molecule has 0 aliphatic carbocycles. The molecule has 3 aromatic rings. The van der Waals surface area contributed by atoms with Crippen LogP contribution in [-0.2, 0) is 4.84 Å². The second-order valence-electron chi connectivity index (χ2n) is 10.8. The molecule has 40 heavy (non-hydrogen) atoms. The van der Waals surface area contributed by atoms with Crippen LogP contribution in [0.15, 0.2) is 54.9 Å². The molecule has 0 spiro atoms. The Labute approximate surface area is 241 Å². The van der Waals surface area contributed by atoms with E-state index in [2.05, 4.69) is 49.2 Å². The molecule has 9 nitrogen and oxygen atoms in total. The van der Waals surface area contributed by atoms with Crippen molar-refractivity contribution in [2.24, 2.45) is 0 Å². The number of halogens is 1. The summed E-state index contributed by atoms with van der Waals surface area (Å²) in [5.41, 5.74) is 2.97. The van der Waals surface area contributed by atoms with Gasteiger partial charge in [-0.25, -0.2) is 15.0 Å². The quantitative estimate of drug-likeness (QED) is 0.428. The van der Waals surface area contributed by atoms with Crippen LogP contribution in [0, 0.1) is 0 Å². The Morgan fingerprint density at radius 1 is 0.950 bits per heavy atom. The molecule has 0 amide bonds. The van der Waals surface area contributed by atoms with Gasteiger partial charge in [0.1, 0.15) is 17.9 Å². The topological polar surface area (TPSA) is 69.2 Å². The van der Waals surface area contributed by atoms with Crippen molar-refractivity contribution in [2.75, 3.05) is 75.3 Å². The maximum absolute atomic E-state index is 6.87. The first-order valence-corrected chi connectivity index (χ1v) is 14.6. The fourth-order valence-electron chi connectivity index (χ4n) is 6.06. The van der Waals surface area contributed by atoms with Gasteiger partial charge in [0, 0.05) is 63.9 Å². The number of ether oxygens (including phenoxy) is 1. The van der Waals surface area contributed by atoms with Crippen molar-refractivity contribution in [3.63, 3.8) is 0 Å². The predicted molar refractivity (Wildman–Crippen MR) is 160 cm³/mol. The zero-order chi connectivity index (χ0) is 27.5. The summed E-state index contributed by atoms with van der Waals surface area (Å²) in [6.45, 7) is 7.26. The van der Waals surface area contributed by atoms with E-state index in [4.69, 9.17) is 21.2 Å². The maximum Gasteiger partial charge on any atom is 0.158 e. The summed E-state index contributed by atoms with van der Waals surface area (Å²) in [7, 11) is 3.90. The number of hydroxylamine groups is 1. The van der Waals surface area contributed by atoms with E-state index in [1.165, 1.54) is 5.56 Å². The highest BCUT2D eigenvalue weighted by molar-refractivity contribution is 6.33. The summed E-state index contributed by atoms with van der Waals surface area (Å²) in [6.07, 6.45) is 4.74. The van der Waals surface area contributed by atoms with Crippen molar-refractivity contribution < 1.29 is 9.57 Å². The lowest BCUT2D eigenvalue weighted by Gasteiger charge is -2.42. The van der Waals surface area contributed by atoms with Crippen LogP contribution in [0.3, 0.4) is 0 Å². The smallest absolute Gasteiger partial charge is 0.158 e. The molecular weight excluding hydrogens is 526 g/mol. The summed E-state index contributed by atoms with van der Waals surface area (Å²) < 4.78 is 5.80. The van der Waals surface area contributed by atoms with Crippen molar-refractivity contribution in [3.05, 3.63) is 65.4 Å². The first-order chi connectivity index (χ1) is 19.6. The van der Waals surface area contributed by atoms with Gasteiger partial charge in [0.15, 0.2) is 5.82 Å². The van der Waals surface area contributed by atoms with Crippen LogP contribution in [0.1, 0.15) is 30.9 Å². The van der Waals surface area contributed by atoms with Crippen molar-refractivity contribution in [3.8, 4) is 5.75 Å². The first-order valence-electron chi connectivity index (χ1n) is 14.2. The molecule has 0 bridgehead atoms. The summed E-state index contributed by atoms with van der Waals surface area (Å²) >= 11 is 6.87. The number of benzene rings is 2. The number of nitrogens with zero attached hydrogens (tertiary/aromatic N) is 6. The van der Waals surface area contributed by atoms with Crippen LogP contribution in [0.2, 0.25) is 5.02 Å². The van der Waals surface area contributed by atoms with E-state index >= 15 is 0 Å². The number of likely N-dealkylation sites (N-methyl/N-ethyl adjacent to an activating group) is 1. The zero-order valence-electron chi connectivity index (χ0n) is 23.3. The fourth-order valence-corrected chi connectivity index (χ4v) is 6.34. The minimum atomic E-state index is 0.104. The molecule has 0 radical (unpaired) electrons. The van der Waals surface area contributed by atoms with Crippen LogP contribution in [0.25, 0.3) is 0 Å². The molecule has 10 heteroatoms. The van der Waals surface area contributed by atoms with E-state index < -0.39 is 0 Å². The van der Waals surface area contributed by atoms with E-state index in [-0.39, 0.29) is 6.04 Å². The van der Waals surface area contributed by atoms with Crippen LogP contribution in [0.4, 0.5) is 23.0 Å². The molecule has 212 valence electrons. The zero-order valence-corrected chi connectivity index (χ0v) is 24.1. The van der Waals surface area contributed by atoms with Gasteiger partial charge in [-0.3, -0.25) is 9.74 Å². The molecular formula is C30H38ClN7O2. The van der Waals surface area contributed by atoms with E-state index in [0.717, 1.165) is 75.7 Å². The van der Waals surface area contributed by atoms with Gasteiger partial charge in [0.2, 0.25) is 0 Å². The third-order valence-electron chi connectivity index (χ3n) is 8.36. The van der Waals surface area contributed by atoms with E-state index in [1.807, 2.05) is 41.5 Å². The first kappa shape index (κ1) is 27.1. The monoisotopic (exact) mass is 563 g/mol. The molecule has 1 atom stereocenters. The van der Waals surface area contributed by atoms with Crippen molar-refractivity contribution >= 4 is 34.6 Å². The number of piperazine rings is 1. The lowest BCUT2D eigenvalue weighted by Crippen LogP contribution is -2.52. The maximum atomic E-state index is 6.87. The van der Waals surface area contributed by atoms with Crippen LogP contribution < -0.4 is 20.0 Å². The van der Waals surface area contributed by atoms with Gasteiger partial charge in [-0.05, 0) is 31.5 Å². The summed E-state index contributed by atoms with van der Waals surface area (Å²) in [6, 6.07) is 17.0. The lowest BCUT2D eigenvalue weighted by atomic mass is 10.0. The van der Waals surface area contributed by atoms with Gasteiger partial charge in [0.25, 0.3) is 0 Å². The number of piperidine rings is 1. The largest absolute Gasteiger partial charge is 0.494 e. The minimum Gasteiger partial charge on any atom is -0.494 e. The molecule has 1 aromatic heterocycles. The van der Waals surface area contributed by atoms with Gasteiger partial charge >= 0.3 is 0 Å². The van der Waals surface area contributed by atoms with Gasteiger partial charge in [-0.1, -0.05) is 41.9 Å². The Hall–Kier alpha value is -3.11. The third-order valence-corrected chi connectivity index (χ3v) is 8.66. The molecule has 2 aromatic carbocycles. The number of anilines is 4. The van der Waals surface area contributed by atoms with Crippen LogP contribution in [0.5, 0.6) is 5.75 Å². The van der Waals surface area contributed by atoms with Gasteiger partial charge in [-0.2, -0.15) is 0 Å². The Balaban J connectivity index is 1.15. The van der Waals surface area contributed by atoms with Crippen molar-refractivity contribution in [2.45, 2.75) is 31.3 Å². The Morgan fingerprint density at radius 2 is 1.73 bits per heavy atom. The molecule has 0 unspecified atom stereocenters. The van der Waals surface area contributed by atoms with E-state index in [9.17, 15) is 0 Å². The predicted octanol–water partition coefficient (Wildman–Crippen LogP) is 4.98. The summed E-state index contributed by atoms with van der Waals surface area (Å²) in [5, 5.41) is 5.97. The third kappa shape index (κ3) is 5.83. The molecule has 3 saturated heterocycles. The lowest BCUT2D eigenvalue weighted by molar-refractivity contribution is 0.0982. The van der Waals surface area contributed by atoms with E-state index in [0.29, 0.717) is 29.3 Å². The average Bonchev–Trinajstić information content (AvgIpc) is 3.49. The van der Waals surface area contributed by atoms with E-state index in [1.54, 1.807) is 13.4 Å². The highest BCUT2D eigenvalue weighted by Crippen LogP contribution is 2.40. The molecule has 1 N–H and O–H groups in total. The average molecular weight is 564 g/mol. The molecule has 3 aliphatic heterocycles. The molecule has 0 saturated carbocycles. The summed E-state index contributed by atoms with van der Waals surface area (Å²) in [5.74, 6) is 2.07. The van der Waals surface area contributed by atoms with Crippen molar-refractivity contribution in [1.29, 1.82) is 0 Å². The molecule has 3 fully saturated rings. The number of hydrogen-bond acceptors (Lipinski definition) is 9. The Bertz CT molecular complexity index is 1280. The van der Waals surface area contributed by atoms with Crippen LogP contribution in [-0.4, -0.2) is 85.8 Å². The Kier molecular flexibility index (Phi) is 8.25. The van der Waals surface area contributed by atoms with Gasteiger partial charge < -0.3 is 19.9 Å². The molecule has 4 heterocycles. The summed E-state index contributed by atoms with van der Waals surface area (Å²) in [4.78, 5) is 22.4. The normalized spacial score (nSPS) is 21.1. The second kappa shape index (κ2) is 12.2. The second-order valence-corrected chi connectivity index (χ2v) is 11.2. The Morgan fingerprint density at radius 3 is 2.48 bits per heavy atom. The fraction of sp³-hybridized carbons (Fsp3) is 0.467. The SMILES string of the molecule is COc1cc(N2CCC(N3CCN(C)CC3)CC2)c(Cl)cc1Nc1cc(N2OCC[C@@H]2c2ccccc2)ncn1. The number of methoxy groups -OCH3 is 1.